The van der Waals surface area contributed by atoms with E-state index >= 15 is 0 Å². The van der Waals surface area contributed by atoms with Crippen LogP contribution < -0.4 is 23.0 Å². The van der Waals surface area contributed by atoms with Gasteiger partial charge in [0, 0.05) is 12.1 Å². The summed E-state index contributed by atoms with van der Waals surface area (Å²) in [5, 5.41) is 0. The zero-order valence-electron chi connectivity index (χ0n) is 11.8. The van der Waals surface area contributed by atoms with Crippen LogP contribution in [0.4, 0.5) is 5.69 Å². The minimum Gasteiger partial charge on any atom is -1.00 e. The van der Waals surface area contributed by atoms with E-state index in [1.54, 1.807) is 0 Å². The minimum absolute atomic E-state index is 0. The zero-order chi connectivity index (χ0) is 13.9. The lowest BCUT2D eigenvalue weighted by Gasteiger charge is -2.18. The van der Waals surface area contributed by atoms with Gasteiger partial charge in [-0.25, -0.2) is 0 Å². The number of hydrogen-bond donors (Lipinski definition) is 1. The van der Waals surface area contributed by atoms with Crippen LogP contribution in [0.3, 0.4) is 0 Å². The average molecular weight is 303 g/mol. The molecule has 110 valence electrons. The lowest BCUT2D eigenvalue weighted by molar-refractivity contribution is -0.368. The third kappa shape index (κ3) is 2.94. The minimum atomic E-state index is -0.0209. The van der Waals surface area contributed by atoms with Gasteiger partial charge in [-0.15, -0.1) is 0 Å². The van der Waals surface area contributed by atoms with Gasteiger partial charge in [0.2, 0.25) is 5.91 Å². The molecule has 0 aromatic heterocycles. The second kappa shape index (κ2) is 6.74. The van der Waals surface area contributed by atoms with Gasteiger partial charge in [0.25, 0.3) is 0 Å². The number of halogens is 1. The summed E-state index contributed by atoms with van der Waals surface area (Å²) in [5.41, 5.74) is 7.26. The summed E-state index contributed by atoms with van der Waals surface area (Å²) in [6.45, 7) is 1.42. The standard InChI is InChI=1S/C17H18N2O.ClH/c18-11-10-15-14-8-4-5-9-16(14)19(17(15)20)12-13-6-2-1-3-7-13;/h1-9,15H,10-12,18H2;1H. The Bertz CT molecular complexity index is 615. The van der Waals surface area contributed by atoms with Gasteiger partial charge in [0.1, 0.15) is 0 Å². The van der Waals surface area contributed by atoms with Crippen molar-refractivity contribution < 1.29 is 22.9 Å². The van der Waals surface area contributed by atoms with Crippen LogP contribution in [0.15, 0.2) is 54.6 Å². The first-order valence-electron chi connectivity index (χ1n) is 7.04. The maximum Gasteiger partial charge on any atom is 0.235 e. The van der Waals surface area contributed by atoms with Gasteiger partial charge in [-0.2, -0.15) is 0 Å². The molecule has 1 atom stereocenters. The first kappa shape index (κ1) is 15.5. The molecule has 2 aromatic rings. The average Bonchev–Trinajstić information content (AvgIpc) is 2.75. The van der Waals surface area contributed by atoms with Gasteiger partial charge in [-0.1, -0.05) is 48.5 Å². The fourth-order valence-electron chi connectivity index (χ4n) is 2.88. The molecule has 4 heteroatoms. The second-order valence-electron chi connectivity index (χ2n) is 5.16. The molecule has 21 heavy (non-hydrogen) atoms. The number of amides is 1. The highest BCUT2D eigenvalue weighted by atomic mass is 35.5. The maximum absolute atomic E-state index is 12.7. The van der Waals surface area contributed by atoms with Crippen LogP contribution in [0, 0.1) is 0 Å². The highest BCUT2D eigenvalue weighted by Crippen LogP contribution is 2.39. The molecular formula is C17H19ClN2O. The van der Waals surface area contributed by atoms with E-state index in [0.29, 0.717) is 6.54 Å². The van der Waals surface area contributed by atoms with Crippen LogP contribution >= 0.6 is 0 Å². The van der Waals surface area contributed by atoms with Crippen LogP contribution in [0.5, 0.6) is 0 Å². The molecule has 3 nitrogen and oxygen atoms in total. The topological polar surface area (TPSA) is 48.0 Å². The first-order chi connectivity index (χ1) is 9.81. The SMILES string of the molecule is [Cl-].[NH3+]CCC1C(=O)N(Cc2ccccc2)c2ccccc21. The normalized spacial score (nSPS) is 16.5. The Hall–Kier alpha value is -1.84. The van der Waals surface area contributed by atoms with Gasteiger partial charge in [0.05, 0.1) is 19.0 Å². The highest BCUT2D eigenvalue weighted by Gasteiger charge is 2.36. The molecular weight excluding hydrogens is 284 g/mol. The summed E-state index contributed by atoms with van der Waals surface area (Å²) in [6, 6.07) is 18.2. The van der Waals surface area contributed by atoms with E-state index in [-0.39, 0.29) is 24.2 Å². The smallest absolute Gasteiger partial charge is 0.235 e. The predicted molar refractivity (Wildman–Crippen MR) is 79.2 cm³/mol. The van der Waals surface area contributed by atoms with Gasteiger partial charge in [-0.05, 0) is 17.2 Å². The number of para-hydroxylation sites is 1. The van der Waals surface area contributed by atoms with Crippen LogP contribution in [0.1, 0.15) is 23.5 Å². The molecule has 1 amide bonds. The Morgan fingerprint density at radius 2 is 1.67 bits per heavy atom. The molecule has 0 saturated carbocycles. The molecule has 1 aliphatic rings. The third-order valence-electron chi connectivity index (χ3n) is 3.84. The molecule has 0 aliphatic carbocycles. The lowest BCUT2D eigenvalue weighted by Crippen LogP contribution is -3.00. The largest absolute Gasteiger partial charge is 1.00 e. The van der Waals surface area contributed by atoms with Crippen molar-refractivity contribution in [2.75, 3.05) is 11.4 Å². The van der Waals surface area contributed by atoms with Gasteiger partial charge in [-0.3, -0.25) is 4.79 Å². The Morgan fingerprint density at radius 1 is 1.00 bits per heavy atom. The summed E-state index contributed by atoms with van der Waals surface area (Å²) < 4.78 is 0. The number of anilines is 1. The maximum atomic E-state index is 12.7. The zero-order valence-corrected chi connectivity index (χ0v) is 12.6. The van der Waals surface area contributed by atoms with E-state index < -0.39 is 0 Å². The fraction of sp³-hybridized carbons (Fsp3) is 0.235. The molecule has 0 fully saturated rings. The third-order valence-corrected chi connectivity index (χ3v) is 3.84. The Kier molecular flexibility index (Phi) is 4.99. The molecule has 2 aromatic carbocycles. The van der Waals surface area contributed by atoms with Crippen molar-refractivity contribution >= 4 is 11.6 Å². The second-order valence-corrected chi connectivity index (χ2v) is 5.16. The van der Waals surface area contributed by atoms with Crippen molar-refractivity contribution in [2.45, 2.75) is 18.9 Å². The molecule has 1 unspecified atom stereocenters. The summed E-state index contributed by atoms with van der Waals surface area (Å²) in [4.78, 5) is 14.6. The molecule has 0 saturated heterocycles. The van der Waals surface area contributed by atoms with E-state index in [0.717, 1.165) is 29.8 Å². The first-order valence-corrected chi connectivity index (χ1v) is 7.04. The summed E-state index contributed by atoms with van der Waals surface area (Å²) >= 11 is 0. The van der Waals surface area contributed by atoms with Crippen molar-refractivity contribution in [1.29, 1.82) is 0 Å². The number of carbonyl (C=O) groups excluding carboxylic acids is 1. The van der Waals surface area contributed by atoms with Crippen LogP contribution in [-0.4, -0.2) is 12.5 Å². The molecule has 3 N–H and O–H groups in total. The number of fused-ring (bicyclic) bond motifs is 1. The summed E-state index contributed by atoms with van der Waals surface area (Å²) in [5.74, 6) is 0.186. The molecule has 3 rings (SSSR count). The van der Waals surface area contributed by atoms with E-state index in [1.807, 2.05) is 41.3 Å². The number of benzene rings is 2. The number of quaternary nitrogens is 1. The Morgan fingerprint density at radius 3 is 2.38 bits per heavy atom. The fourth-order valence-corrected chi connectivity index (χ4v) is 2.88. The molecule has 0 radical (unpaired) electrons. The molecule has 1 heterocycles. The number of hydrogen-bond acceptors (Lipinski definition) is 1. The number of carbonyl (C=O) groups is 1. The summed E-state index contributed by atoms with van der Waals surface area (Å²) in [6.07, 6.45) is 0.821. The van der Waals surface area contributed by atoms with E-state index in [4.69, 9.17) is 0 Å². The van der Waals surface area contributed by atoms with Gasteiger partial charge >= 0.3 is 0 Å². The van der Waals surface area contributed by atoms with Crippen molar-refractivity contribution in [2.24, 2.45) is 0 Å². The van der Waals surface area contributed by atoms with Crippen LogP contribution in [0.2, 0.25) is 0 Å². The van der Waals surface area contributed by atoms with Crippen molar-refractivity contribution in [1.82, 2.24) is 0 Å². The van der Waals surface area contributed by atoms with Crippen LogP contribution in [-0.2, 0) is 11.3 Å². The highest BCUT2D eigenvalue weighted by molar-refractivity contribution is 6.04. The molecule has 1 aliphatic heterocycles. The molecule has 0 bridgehead atoms. The predicted octanol–water partition coefficient (Wildman–Crippen LogP) is -1.05. The van der Waals surface area contributed by atoms with Crippen LogP contribution in [0.25, 0.3) is 0 Å². The molecule has 0 spiro atoms. The Labute approximate surface area is 131 Å². The lowest BCUT2D eigenvalue weighted by atomic mass is 9.97. The Balaban J connectivity index is 0.00000161. The quantitative estimate of drug-likeness (QED) is 0.770. The number of nitrogens with zero attached hydrogens (tertiary/aromatic N) is 1. The van der Waals surface area contributed by atoms with E-state index in [1.165, 1.54) is 0 Å². The van der Waals surface area contributed by atoms with Gasteiger partial charge < -0.3 is 23.0 Å². The van der Waals surface area contributed by atoms with Gasteiger partial charge in [0.15, 0.2) is 0 Å². The van der Waals surface area contributed by atoms with Crippen molar-refractivity contribution in [3.05, 3.63) is 65.7 Å². The van der Waals surface area contributed by atoms with Crippen molar-refractivity contribution in [3.8, 4) is 0 Å². The number of rotatable bonds is 4. The van der Waals surface area contributed by atoms with E-state index in [2.05, 4.69) is 23.9 Å². The van der Waals surface area contributed by atoms with E-state index in [9.17, 15) is 4.79 Å². The summed E-state index contributed by atoms with van der Waals surface area (Å²) in [7, 11) is 0. The monoisotopic (exact) mass is 302 g/mol. The van der Waals surface area contributed by atoms with Crippen molar-refractivity contribution in [3.63, 3.8) is 0 Å².